The van der Waals surface area contributed by atoms with Crippen LogP contribution in [0.1, 0.15) is 32.1 Å². The van der Waals surface area contributed by atoms with E-state index in [0.29, 0.717) is 11.8 Å². The minimum absolute atomic E-state index is 0.111. The van der Waals surface area contributed by atoms with Crippen molar-refractivity contribution in [2.75, 3.05) is 19.0 Å². The lowest BCUT2D eigenvalue weighted by atomic mass is 9.48. The molecule has 1 aromatic carbocycles. The summed E-state index contributed by atoms with van der Waals surface area (Å²) in [5.74, 6) is 3.96. The van der Waals surface area contributed by atoms with Crippen LogP contribution in [-0.4, -0.2) is 24.4 Å². The summed E-state index contributed by atoms with van der Waals surface area (Å²) in [5, 5.41) is 14.0. The molecule has 4 bridgehead atoms. The van der Waals surface area contributed by atoms with E-state index in [1.807, 2.05) is 18.2 Å². The highest BCUT2D eigenvalue weighted by Crippen LogP contribution is 2.59. The summed E-state index contributed by atoms with van der Waals surface area (Å²) in [6.07, 6.45) is 6.62. The van der Waals surface area contributed by atoms with Crippen molar-refractivity contribution in [1.82, 2.24) is 0 Å². The Morgan fingerprint density at radius 3 is 2.38 bits per heavy atom. The second kappa shape index (κ2) is 4.91. The smallest absolute Gasteiger partial charge is 0.120 e. The molecule has 0 radical (unpaired) electrons. The largest absolute Gasteiger partial charge is 0.497 e. The molecule has 4 saturated carbocycles. The maximum atomic E-state index is 10.2. The number of nitrogens with one attached hydrogen (secondary N) is 1. The monoisotopic (exact) mass is 287 g/mol. The normalized spacial score (nSPS) is 40.3. The van der Waals surface area contributed by atoms with Gasteiger partial charge in [-0.2, -0.15) is 0 Å². The molecule has 0 spiro atoms. The second-order valence-electron chi connectivity index (χ2n) is 7.36. The number of rotatable bonds is 4. The molecule has 2 N–H and O–H groups in total. The van der Waals surface area contributed by atoms with Crippen molar-refractivity contribution in [3.63, 3.8) is 0 Å². The van der Waals surface area contributed by atoms with Gasteiger partial charge in [0.05, 0.1) is 19.3 Å². The van der Waals surface area contributed by atoms with Crippen molar-refractivity contribution in [2.45, 2.75) is 37.6 Å². The molecule has 0 saturated heterocycles. The van der Waals surface area contributed by atoms with Gasteiger partial charge in [0, 0.05) is 11.8 Å². The van der Waals surface area contributed by atoms with E-state index in [2.05, 4.69) is 11.4 Å². The molecule has 4 aliphatic carbocycles. The first-order chi connectivity index (χ1) is 10.2. The van der Waals surface area contributed by atoms with Crippen LogP contribution in [0, 0.1) is 23.7 Å². The van der Waals surface area contributed by atoms with Gasteiger partial charge in [0.1, 0.15) is 5.75 Å². The van der Waals surface area contributed by atoms with E-state index in [4.69, 9.17) is 4.74 Å². The molecule has 0 unspecified atom stereocenters. The molecule has 4 fully saturated rings. The highest BCUT2D eigenvalue weighted by Gasteiger charge is 2.57. The lowest BCUT2D eigenvalue weighted by molar-refractivity contribution is -0.0655. The van der Waals surface area contributed by atoms with Crippen LogP contribution in [0.5, 0.6) is 5.75 Å². The molecule has 114 valence electrons. The third-order valence-corrected chi connectivity index (χ3v) is 6.30. The van der Waals surface area contributed by atoms with Crippen molar-refractivity contribution in [3.8, 4) is 5.75 Å². The molecular weight excluding hydrogens is 262 g/mol. The van der Waals surface area contributed by atoms with Crippen LogP contribution in [0.25, 0.3) is 0 Å². The van der Waals surface area contributed by atoms with Crippen LogP contribution in [0.2, 0.25) is 0 Å². The molecule has 1 aromatic rings. The summed E-state index contributed by atoms with van der Waals surface area (Å²) >= 11 is 0. The highest BCUT2D eigenvalue weighted by atomic mass is 16.5. The number of methoxy groups -OCH3 is 1. The van der Waals surface area contributed by atoms with Crippen LogP contribution in [0.3, 0.4) is 0 Å². The molecular formula is C18H25NO2. The molecule has 0 aromatic heterocycles. The second-order valence-corrected chi connectivity index (χ2v) is 7.36. The van der Waals surface area contributed by atoms with Gasteiger partial charge >= 0.3 is 0 Å². The predicted octanol–water partition coefficient (Wildman–Crippen LogP) is 3.29. The Morgan fingerprint density at radius 1 is 1.14 bits per heavy atom. The van der Waals surface area contributed by atoms with Gasteiger partial charge in [-0.1, -0.05) is 6.07 Å². The number of hydrogen-bond acceptors (Lipinski definition) is 3. The minimum atomic E-state index is -0.111. The van der Waals surface area contributed by atoms with E-state index < -0.39 is 0 Å². The molecule has 0 amide bonds. The lowest BCUT2D eigenvalue weighted by Gasteiger charge is -2.61. The van der Waals surface area contributed by atoms with Gasteiger partial charge in [0.2, 0.25) is 0 Å². The highest BCUT2D eigenvalue weighted by molar-refractivity contribution is 5.51. The van der Waals surface area contributed by atoms with Crippen molar-refractivity contribution in [1.29, 1.82) is 0 Å². The van der Waals surface area contributed by atoms with Crippen LogP contribution in [0.4, 0.5) is 5.69 Å². The topological polar surface area (TPSA) is 41.5 Å². The summed E-state index contributed by atoms with van der Waals surface area (Å²) in [6, 6.07) is 8.11. The lowest BCUT2D eigenvalue weighted by Crippen LogP contribution is -2.63. The molecule has 0 atom stereocenters. The average molecular weight is 287 g/mol. The Balaban J connectivity index is 1.64. The number of hydrogen-bond donors (Lipinski definition) is 2. The average Bonchev–Trinajstić information content (AvgIpc) is 2.50. The van der Waals surface area contributed by atoms with Gasteiger partial charge in [-0.3, -0.25) is 0 Å². The molecule has 3 heteroatoms. The fourth-order valence-corrected chi connectivity index (χ4v) is 5.50. The Hall–Kier alpha value is -1.22. The minimum Gasteiger partial charge on any atom is -0.497 e. The molecule has 5 rings (SSSR count). The van der Waals surface area contributed by atoms with Crippen molar-refractivity contribution in [2.24, 2.45) is 23.7 Å². The van der Waals surface area contributed by atoms with E-state index in [-0.39, 0.29) is 12.1 Å². The van der Waals surface area contributed by atoms with E-state index in [0.717, 1.165) is 23.3 Å². The molecule has 4 aliphatic rings. The van der Waals surface area contributed by atoms with E-state index in [1.54, 1.807) is 7.11 Å². The summed E-state index contributed by atoms with van der Waals surface area (Å²) in [7, 11) is 1.70. The first-order valence-corrected chi connectivity index (χ1v) is 8.26. The molecule has 0 aliphatic heterocycles. The predicted molar refractivity (Wildman–Crippen MR) is 83.5 cm³/mol. The van der Waals surface area contributed by atoms with Gasteiger partial charge in [-0.25, -0.2) is 0 Å². The Kier molecular flexibility index (Phi) is 3.14. The quantitative estimate of drug-likeness (QED) is 0.893. The summed E-state index contributed by atoms with van der Waals surface area (Å²) in [5.41, 5.74) is 0.968. The molecule has 3 nitrogen and oxygen atoms in total. The van der Waals surface area contributed by atoms with Gasteiger partial charge in [0.25, 0.3) is 0 Å². The van der Waals surface area contributed by atoms with Crippen LogP contribution < -0.4 is 10.1 Å². The zero-order valence-electron chi connectivity index (χ0n) is 12.7. The Labute approximate surface area is 126 Å². The zero-order valence-corrected chi connectivity index (χ0v) is 12.7. The number of aliphatic hydroxyl groups is 1. The summed E-state index contributed by atoms with van der Waals surface area (Å²) in [4.78, 5) is 0. The third-order valence-electron chi connectivity index (χ3n) is 6.30. The SMILES string of the molecule is COc1cccc(NC2(CO)C3CC4CC(C3)CC2C4)c1. The Bertz CT molecular complexity index is 500. The fourth-order valence-electron chi connectivity index (χ4n) is 5.50. The number of ether oxygens (including phenoxy) is 1. The maximum absolute atomic E-state index is 10.2. The summed E-state index contributed by atoms with van der Waals surface area (Å²) in [6.45, 7) is 0.249. The maximum Gasteiger partial charge on any atom is 0.120 e. The first kappa shape index (κ1) is 13.4. The van der Waals surface area contributed by atoms with Gasteiger partial charge in [-0.15, -0.1) is 0 Å². The Morgan fingerprint density at radius 2 is 1.81 bits per heavy atom. The zero-order chi connectivity index (χ0) is 14.4. The number of anilines is 1. The summed E-state index contributed by atoms with van der Waals surface area (Å²) < 4.78 is 5.33. The van der Waals surface area contributed by atoms with Crippen LogP contribution in [0.15, 0.2) is 24.3 Å². The fraction of sp³-hybridized carbons (Fsp3) is 0.667. The van der Waals surface area contributed by atoms with Crippen molar-refractivity contribution >= 4 is 5.69 Å². The molecule has 0 heterocycles. The van der Waals surface area contributed by atoms with Gasteiger partial charge < -0.3 is 15.2 Å². The van der Waals surface area contributed by atoms with Crippen molar-refractivity contribution in [3.05, 3.63) is 24.3 Å². The number of aliphatic hydroxyl groups excluding tert-OH is 1. The van der Waals surface area contributed by atoms with Crippen LogP contribution >= 0.6 is 0 Å². The van der Waals surface area contributed by atoms with Crippen LogP contribution in [-0.2, 0) is 0 Å². The van der Waals surface area contributed by atoms with Gasteiger partial charge in [0.15, 0.2) is 0 Å². The van der Waals surface area contributed by atoms with E-state index in [1.165, 1.54) is 32.1 Å². The van der Waals surface area contributed by atoms with E-state index >= 15 is 0 Å². The third kappa shape index (κ3) is 2.05. The standard InChI is InChI=1S/C18H25NO2/c1-21-17-4-2-3-16(10-17)19-18(11-20)14-6-12-5-13(8-14)9-15(18)7-12/h2-4,10,12-15,19-20H,5-9,11H2,1H3. The first-order valence-electron chi connectivity index (χ1n) is 8.26. The van der Waals surface area contributed by atoms with Crippen molar-refractivity contribution < 1.29 is 9.84 Å². The number of benzene rings is 1. The van der Waals surface area contributed by atoms with E-state index in [9.17, 15) is 5.11 Å². The molecule has 21 heavy (non-hydrogen) atoms. The van der Waals surface area contributed by atoms with Gasteiger partial charge in [-0.05, 0) is 67.9 Å².